The van der Waals surface area contributed by atoms with Crippen molar-refractivity contribution in [2.24, 2.45) is 4.99 Å². The van der Waals surface area contributed by atoms with E-state index >= 15 is 0 Å². The molecule has 0 unspecified atom stereocenters. The van der Waals surface area contributed by atoms with Gasteiger partial charge in [0.1, 0.15) is 5.75 Å². The summed E-state index contributed by atoms with van der Waals surface area (Å²) >= 11 is 0. The van der Waals surface area contributed by atoms with Crippen LogP contribution >= 0.6 is 24.0 Å². The van der Waals surface area contributed by atoms with Gasteiger partial charge in [-0.3, -0.25) is 0 Å². The van der Waals surface area contributed by atoms with Crippen LogP contribution in [0.4, 0.5) is 0 Å². The maximum atomic E-state index is 5.78. The lowest BCUT2D eigenvalue weighted by atomic mass is 10.1. The van der Waals surface area contributed by atoms with E-state index in [-0.39, 0.29) is 24.0 Å². The van der Waals surface area contributed by atoms with Crippen LogP contribution in [0.1, 0.15) is 24.5 Å². The second-order valence-electron chi connectivity index (χ2n) is 7.01. The second-order valence-corrected chi connectivity index (χ2v) is 7.01. The number of rotatable bonds is 11. The van der Waals surface area contributed by atoms with Crippen molar-refractivity contribution in [2.75, 3.05) is 40.3 Å². The zero-order valence-electron chi connectivity index (χ0n) is 17.9. The first-order valence-corrected chi connectivity index (χ1v) is 10.1. The van der Waals surface area contributed by atoms with Gasteiger partial charge in [-0.2, -0.15) is 0 Å². The molecule has 0 bridgehead atoms. The summed E-state index contributed by atoms with van der Waals surface area (Å²) < 4.78 is 5.78. The molecular weight excluding hydrogens is 475 g/mol. The van der Waals surface area contributed by atoms with Gasteiger partial charge in [-0.25, -0.2) is 4.99 Å². The highest BCUT2D eigenvalue weighted by molar-refractivity contribution is 14.0. The average molecular weight is 510 g/mol. The molecule has 0 amide bonds. The van der Waals surface area contributed by atoms with Gasteiger partial charge in [0, 0.05) is 19.6 Å². The van der Waals surface area contributed by atoms with Crippen LogP contribution in [0.2, 0.25) is 0 Å². The van der Waals surface area contributed by atoms with Crippen molar-refractivity contribution in [3.8, 4) is 5.75 Å². The first-order chi connectivity index (χ1) is 13.7. The third-order valence-electron chi connectivity index (χ3n) is 4.25. The van der Waals surface area contributed by atoms with Crippen molar-refractivity contribution in [1.82, 2.24) is 15.5 Å². The van der Waals surface area contributed by atoms with Crippen LogP contribution < -0.4 is 15.4 Å². The molecule has 0 spiro atoms. The van der Waals surface area contributed by atoms with Crippen molar-refractivity contribution in [1.29, 1.82) is 0 Å². The van der Waals surface area contributed by atoms with Gasteiger partial charge in [0.15, 0.2) is 5.96 Å². The molecule has 0 radical (unpaired) electrons. The quantitative estimate of drug-likeness (QED) is 0.208. The van der Waals surface area contributed by atoms with Crippen molar-refractivity contribution in [3.63, 3.8) is 0 Å². The topological polar surface area (TPSA) is 48.9 Å². The highest BCUT2D eigenvalue weighted by atomic mass is 127. The molecule has 5 nitrogen and oxygen atoms in total. The van der Waals surface area contributed by atoms with Crippen molar-refractivity contribution < 1.29 is 4.74 Å². The maximum absolute atomic E-state index is 5.78. The van der Waals surface area contributed by atoms with Crippen molar-refractivity contribution in [2.45, 2.75) is 26.3 Å². The molecule has 29 heavy (non-hydrogen) atoms. The summed E-state index contributed by atoms with van der Waals surface area (Å²) in [5, 5.41) is 6.71. The van der Waals surface area contributed by atoms with E-state index in [4.69, 9.17) is 4.74 Å². The molecule has 0 aliphatic heterocycles. The zero-order valence-corrected chi connectivity index (χ0v) is 20.2. The van der Waals surface area contributed by atoms with E-state index in [1.165, 1.54) is 11.1 Å². The lowest BCUT2D eigenvalue weighted by Crippen LogP contribution is -2.38. The van der Waals surface area contributed by atoms with Crippen LogP contribution in [0.25, 0.3) is 0 Å². The first-order valence-electron chi connectivity index (χ1n) is 10.1. The summed E-state index contributed by atoms with van der Waals surface area (Å²) in [5.41, 5.74) is 2.49. The molecule has 0 saturated heterocycles. The van der Waals surface area contributed by atoms with Crippen LogP contribution in [0, 0.1) is 0 Å². The molecule has 0 aliphatic carbocycles. The lowest BCUT2D eigenvalue weighted by Gasteiger charge is -2.12. The molecule has 6 heteroatoms. The normalized spacial score (nSPS) is 11.1. The Labute approximate surface area is 193 Å². The molecule has 0 aliphatic rings. The van der Waals surface area contributed by atoms with Crippen LogP contribution in [0.3, 0.4) is 0 Å². The fourth-order valence-electron chi connectivity index (χ4n) is 2.74. The lowest BCUT2D eigenvalue weighted by molar-refractivity contribution is 0.281. The minimum atomic E-state index is 0. The molecule has 2 aromatic carbocycles. The highest BCUT2D eigenvalue weighted by Gasteiger charge is 2.00. The van der Waals surface area contributed by atoms with E-state index in [0.717, 1.165) is 50.8 Å². The van der Waals surface area contributed by atoms with Gasteiger partial charge in [0.25, 0.3) is 0 Å². The van der Waals surface area contributed by atoms with Crippen LogP contribution in [-0.4, -0.2) is 51.2 Å². The number of ether oxygens (including phenoxy) is 1. The van der Waals surface area contributed by atoms with E-state index in [1.54, 1.807) is 0 Å². The molecule has 0 saturated carbocycles. The molecule has 0 fully saturated rings. The van der Waals surface area contributed by atoms with E-state index in [1.807, 2.05) is 18.2 Å². The Bertz CT molecular complexity index is 690. The number of nitrogens with zero attached hydrogens (tertiary/aromatic N) is 2. The molecule has 2 N–H and O–H groups in total. The first kappa shape index (κ1) is 25.2. The van der Waals surface area contributed by atoms with Gasteiger partial charge in [0.05, 0.1) is 13.2 Å². The fraction of sp³-hybridized carbons (Fsp3) is 0.435. The number of halogens is 1. The van der Waals surface area contributed by atoms with Gasteiger partial charge in [-0.15, -0.1) is 24.0 Å². The molecule has 0 atom stereocenters. The Balaban J connectivity index is 0.00000420. The molecule has 160 valence electrons. The number of guanidine groups is 1. The second kappa shape index (κ2) is 15.1. The van der Waals surface area contributed by atoms with Gasteiger partial charge in [-0.05, 0) is 57.1 Å². The number of aliphatic imine (C=N–C) groups is 1. The third kappa shape index (κ3) is 11.1. The average Bonchev–Trinajstić information content (AvgIpc) is 2.71. The smallest absolute Gasteiger partial charge is 0.191 e. The van der Waals surface area contributed by atoms with Gasteiger partial charge >= 0.3 is 0 Å². The summed E-state index contributed by atoms with van der Waals surface area (Å²) in [6.07, 6.45) is 2.00. The summed E-state index contributed by atoms with van der Waals surface area (Å²) in [6, 6.07) is 18.7. The Hall–Kier alpha value is -1.80. The van der Waals surface area contributed by atoms with E-state index in [2.05, 4.69) is 77.9 Å². The van der Waals surface area contributed by atoms with Crippen LogP contribution in [0.15, 0.2) is 59.6 Å². The number of hydrogen-bond acceptors (Lipinski definition) is 3. The summed E-state index contributed by atoms with van der Waals surface area (Å²) in [5.74, 6) is 1.77. The largest absolute Gasteiger partial charge is 0.494 e. The molecule has 0 heterocycles. The SMILES string of the molecule is CCNC(=NCc1ccc(OCCCN(C)C)cc1)NCCc1ccccc1.I. The van der Waals surface area contributed by atoms with Crippen LogP contribution in [0.5, 0.6) is 5.75 Å². The van der Waals surface area contributed by atoms with Gasteiger partial charge in [0.2, 0.25) is 0 Å². The Kier molecular flexibility index (Phi) is 13.1. The van der Waals surface area contributed by atoms with Crippen molar-refractivity contribution >= 4 is 29.9 Å². The fourth-order valence-corrected chi connectivity index (χ4v) is 2.74. The number of hydrogen-bond donors (Lipinski definition) is 2. The zero-order chi connectivity index (χ0) is 20.0. The van der Waals surface area contributed by atoms with E-state index in [9.17, 15) is 0 Å². The number of nitrogens with one attached hydrogen (secondary N) is 2. The Morgan fingerprint density at radius 2 is 1.69 bits per heavy atom. The standard InChI is InChI=1S/C23H34N4O.HI/c1-4-24-23(25-16-15-20-9-6-5-7-10-20)26-19-21-11-13-22(14-12-21)28-18-8-17-27(2)3;/h5-7,9-14H,4,8,15-19H2,1-3H3,(H2,24,25,26);1H. The van der Waals surface area contributed by atoms with Crippen LogP contribution in [-0.2, 0) is 13.0 Å². The van der Waals surface area contributed by atoms with E-state index < -0.39 is 0 Å². The molecule has 0 aromatic heterocycles. The maximum Gasteiger partial charge on any atom is 0.191 e. The van der Waals surface area contributed by atoms with Gasteiger partial charge < -0.3 is 20.3 Å². The predicted molar refractivity (Wildman–Crippen MR) is 133 cm³/mol. The predicted octanol–water partition coefficient (Wildman–Crippen LogP) is 3.93. The van der Waals surface area contributed by atoms with Crippen molar-refractivity contribution in [3.05, 3.63) is 65.7 Å². The molecule has 2 rings (SSSR count). The minimum absolute atomic E-state index is 0. The molecular formula is C23H35IN4O. The van der Waals surface area contributed by atoms with Gasteiger partial charge in [-0.1, -0.05) is 42.5 Å². The monoisotopic (exact) mass is 510 g/mol. The highest BCUT2D eigenvalue weighted by Crippen LogP contribution is 2.13. The Morgan fingerprint density at radius 3 is 2.34 bits per heavy atom. The minimum Gasteiger partial charge on any atom is -0.494 e. The van der Waals surface area contributed by atoms with E-state index in [0.29, 0.717) is 6.54 Å². The summed E-state index contributed by atoms with van der Waals surface area (Å²) in [4.78, 5) is 6.85. The Morgan fingerprint density at radius 1 is 0.966 bits per heavy atom. The summed E-state index contributed by atoms with van der Waals surface area (Å²) in [7, 11) is 4.15. The number of benzene rings is 2. The third-order valence-corrected chi connectivity index (χ3v) is 4.25. The molecule has 2 aromatic rings. The summed E-state index contributed by atoms with van der Waals surface area (Å²) in [6.45, 7) is 6.20.